The predicted octanol–water partition coefficient (Wildman–Crippen LogP) is 2.54. The molecule has 0 aliphatic rings. The van der Waals surface area contributed by atoms with E-state index in [0.29, 0.717) is 13.2 Å². The molecule has 0 unspecified atom stereocenters. The van der Waals surface area contributed by atoms with Crippen molar-refractivity contribution in [1.29, 1.82) is 0 Å². The molecule has 94 valence electrons. The Labute approximate surface area is 110 Å². The third kappa shape index (κ3) is 4.00. The number of likely N-dealkylation sites (N-methyl/N-ethyl adjacent to an activating group) is 1. The van der Waals surface area contributed by atoms with Crippen LogP contribution in [0.25, 0.3) is 0 Å². The highest BCUT2D eigenvalue weighted by Crippen LogP contribution is 2.24. The van der Waals surface area contributed by atoms with E-state index in [1.165, 1.54) is 0 Å². The summed E-state index contributed by atoms with van der Waals surface area (Å²) in [6.07, 6.45) is 1.79. The summed E-state index contributed by atoms with van der Waals surface area (Å²) in [5.74, 6) is 0.537. The van der Waals surface area contributed by atoms with E-state index >= 15 is 0 Å². The number of rotatable bonds is 5. The Hall–Kier alpha value is -1.10. The normalized spacial score (nSPS) is 10.1. The monoisotopic (exact) mass is 300 g/mol. The SMILES string of the molecule is CCOC(=O)CN(CC)c1ncc(C)cc1Br. The van der Waals surface area contributed by atoms with Gasteiger partial charge in [0.05, 0.1) is 11.1 Å². The van der Waals surface area contributed by atoms with Gasteiger partial charge in [-0.1, -0.05) is 0 Å². The Morgan fingerprint density at radius 1 is 1.53 bits per heavy atom. The fourth-order valence-electron chi connectivity index (χ4n) is 1.46. The van der Waals surface area contributed by atoms with Crippen molar-refractivity contribution in [2.75, 3.05) is 24.6 Å². The van der Waals surface area contributed by atoms with E-state index in [1.807, 2.05) is 24.8 Å². The van der Waals surface area contributed by atoms with Crippen molar-refractivity contribution in [2.24, 2.45) is 0 Å². The van der Waals surface area contributed by atoms with Gasteiger partial charge >= 0.3 is 5.97 Å². The third-order valence-corrected chi connectivity index (χ3v) is 2.85. The van der Waals surface area contributed by atoms with Gasteiger partial charge in [-0.15, -0.1) is 0 Å². The van der Waals surface area contributed by atoms with Crippen molar-refractivity contribution in [3.05, 3.63) is 22.3 Å². The van der Waals surface area contributed by atoms with Crippen LogP contribution in [-0.4, -0.2) is 30.6 Å². The summed E-state index contributed by atoms with van der Waals surface area (Å²) < 4.78 is 5.83. The first-order valence-electron chi connectivity index (χ1n) is 5.61. The molecule has 0 atom stereocenters. The molecule has 0 saturated heterocycles. The molecule has 4 nitrogen and oxygen atoms in total. The summed E-state index contributed by atoms with van der Waals surface area (Å²) in [5.41, 5.74) is 1.08. The molecule has 1 rings (SSSR count). The first-order chi connectivity index (χ1) is 8.08. The van der Waals surface area contributed by atoms with Crippen molar-refractivity contribution in [3.63, 3.8) is 0 Å². The molecule has 0 bridgehead atoms. The van der Waals surface area contributed by atoms with Crippen LogP contribution in [0.15, 0.2) is 16.7 Å². The van der Waals surface area contributed by atoms with E-state index in [1.54, 1.807) is 13.1 Å². The van der Waals surface area contributed by atoms with Gasteiger partial charge in [-0.05, 0) is 48.3 Å². The molecule has 0 aliphatic carbocycles. The zero-order valence-electron chi connectivity index (χ0n) is 10.4. The van der Waals surface area contributed by atoms with Gasteiger partial charge in [0.2, 0.25) is 0 Å². The van der Waals surface area contributed by atoms with Crippen molar-refractivity contribution < 1.29 is 9.53 Å². The van der Waals surface area contributed by atoms with Gasteiger partial charge in [0.25, 0.3) is 0 Å². The molecule has 0 aliphatic heterocycles. The maximum atomic E-state index is 11.5. The van der Waals surface area contributed by atoms with Crippen molar-refractivity contribution in [1.82, 2.24) is 4.98 Å². The van der Waals surface area contributed by atoms with Crippen LogP contribution in [0.2, 0.25) is 0 Å². The lowest BCUT2D eigenvalue weighted by atomic mass is 10.3. The molecule has 0 fully saturated rings. The maximum Gasteiger partial charge on any atom is 0.325 e. The molecule has 0 saturated carbocycles. The average Bonchev–Trinajstić information content (AvgIpc) is 2.27. The minimum Gasteiger partial charge on any atom is -0.465 e. The lowest BCUT2D eigenvalue weighted by Gasteiger charge is -2.22. The number of aryl methyl sites for hydroxylation is 1. The number of hydrogen-bond donors (Lipinski definition) is 0. The first kappa shape index (κ1) is 14.0. The van der Waals surface area contributed by atoms with Gasteiger partial charge in [-0.25, -0.2) is 4.98 Å². The van der Waals surface area contributed by atoms with Gasteiger partial charge in [-0.3, -0.25) is 4.79 Å². The van der Waals surface area contributed by atoms with Crippen LogP contribution in [0.3, 0.4) is 0 Å². The molecule has 0 aromatic carbocycles. The van der Waals surface area contributed by atoms with Crippen molar-refractivity contribution >= 4 is 27.7 Å². The second-order valence-electron chi connectivity index (χ2n) is 3.64. The van der Waals surface area contributed by atoms with E-state index in [9.17, 15) is 4.79 Å². The number of carbonyl (C=O) groups is 1. The number of anilines is 1. The average molecular weight is 301 g/mol. The van der Waals surface area contributed by atoms with Crippen LogP contribution in [0, 0.1) is 6.92 Å². The van der Waals surface area contributed by atoms with Crippen LogP contribution in [0.1, 0.15) is 19.4 Å². The van der Waals surface area contributed by atoms with E-state index in [-0.39, 0.29) is 12.5 Å². The number of halogens is 1. The molecular formula is C12H17BrN2O2. The minimum atomic E-state index is -0.233. The standard InChI is InChI=1S/C12H17BrN2O2/c1-4-15(8-11(16)17-5-2)12-10(13)6-9(3)7-14-12/h6-7H,4-5,8H2,1-3H3. The second-order valence-corrected chi connectivity index (χ2v) is 4.49. The first-order valence-corrected chi connectivity index (χ1v) is 6.40. The number of hydrogen-bond acceptors (Lipinski definition) is 4. The lowest BCUT2D eigenvalue weighted by molar-refractivity contribution is -0.141. The molecule has 1 aromatic rings. The molecule has 0 radical (unpaired) electrons. The Morgan fingerprint density at radius 2 is 2.24 bits per heavy atom. The summed E-state index contributed by atoms with van der Waals surface area (Å²) in [7, 11) is 0. The highest BCUT2D eigenvalue weighted by molar-refractivity contribution is 9.10. The fraction of sp³-hybridized carbons (Fsp3) is 0.500. The Kier molecular flexibility index (Phi) is 5.41. The summed E-state index contributed by atoms with van der Waals surface area (Å²) in [6.45, 7) is 7.08. The predicted molar refractivity (Wildman–Crippen MR) is 71.2 cm³/mol. The topological polar surface area (TPSA) is 42.4 Å². The van der Waals surface area contributed by atoms with Gasteiger partial charge in [0.15, 0.2) is 0 Å². The van der Waals surface area contributed by atoms with Gasteiger partial charge in [0.1, 0.15) is 12.4 Å². The zero-order valence-corrected chi connectivity index (χ0v) is 12.0. The molecule has 17 heavy (non-hydrogen) atoms. The summed E-state index contributed by atoms with van der Waals surface area (Å²) in [6, 6.07) is 1.98. The largest absolute Gasteiger partial charge is 0.465 e. The number of aromatic nitrogens is 1. The van der Waals surface area contributed by atoms with E-state index in [0.717, 1.165) is 15.9 Å². The van der Waals surface area contributed by atoms with E-state index in [4.69, 9.17) is 4.74 Å². The second kappa shape index (κ2) is 6.59. The number of pyridine rings is 1. The molecule has 0 amide bonds. The molecule has 1 heterocycles. The van der Waals surface area contributed by atoms with Crippen LogP contribution >= 0.6 is 15.9 Å². The third-order valence-electron chi connectivity index (χ3n) is 2.27. The van der Waals surface area contributed by atoms with Crippen LogP contribution in [0.4, 0.5) is 5.82 Å². The number of esters is 1. The lowest BCUT2D eigenvalue weighted by Crippen LogP contribution is -2.31. The van der Waals surface area contributed by atoms with Gasteiger partial charge in [-0.2, -0.15) is 0 Å². The smallest absolute Gasteiger partial charge is 0.325 e. The Morgan fingerprint density at radius 3 is 2.76 bits per heavy atom. The maximum absolute atomic E-state index is 11.5. The summed E-state index contributed by atoms with van der Waals surface area (Å²) in [4.78, 5) is 17.7. The number of carbonyl (C=O) groups excluding carboxylic acids is 1. The van der Waals surface area contributed by atoms with Crippen LogP contribution < -0.4 is 4.90 Å². The Balaban J connectivity index is 2.82. The Bertz CT molecular complexity index is 396. The molecule has 0 spiro atoms. The van der Waals surface area contributed by atoms with Gasteiger partial charge in [0, 0.05) is 12.7 Å². The van der Waals surface area contributed by atoms with Crippen LogP contribution in [-0.2, 0) is 9.53 Å². The van der Waals surface area contributed by atoms with Crippen molar-refractivity contribution in [3.8, 4) is 0 Å². The zero-order chi connectivity index (χ0) is 12.8. The molecule has 5 heteroatoms. The molecule has 0 N–H and O–H groups in total. The molecular weight excluding hydrogens is 284 g/mol. The summed E-state index contributed by atoms with van der Waals surface area (Å²) in [5, 5.41) is 0. The van der Waals surface area contributed by atoms with Gasteiger partial charge < -0.3 is 9.64 Å². The highest BCUT2D eigenvalue weighted by atomic mass is 79.9. The van der Waals surface area contributed by atoms with Crippen LogP contribution in [0.5, 0.6) is 0 Å². The number of nitrogens with zero attached hydrogens (tertiary/aromatic N) is 2. The summed E-state index contributed by atoms with van der Waals surface area (Å²) >= 11 is 3.46. The molecule has 1 aromatic heterocycles. The highest BCUT2D eigenvalue weighted by Gasteiger charge is 2.14. The van der Waals surface area contributed by atoms with E-state index in [2.05, 4.69) is 20.9 Å². The quantitative estimate of drug-likeness (QED) is 0.784. The van der Waals surface area contributed by atoms with Crippen molar-refractivity contribution in [2.45, 2.75) is 20.8 Å². The fourth-order valence-corrected chi connectivity index (χ4v) is 2.17. The number of ether oxygens (including phenoxy) is 1. The van der Waals surface area contributed by atoms with E-state index < -0.39 is 0 Å². The minimum absolute atomic E-state index is 0.221.